The Bertz CT molecular complexity index is 761. The van der Waals surface area contributed by atoms with Gasteiger partial charge in [0.2, 0.25) is 0 Å². The predicted molar refractivity (Wildman–Crippen MR) is 81.3 cm³/mol. The summed E-state index contributed by atoms with van der Waals surface area (Å²) in [5.74, 6) is -0.312. The fourth-order valence-corrected chi connectivity index (χ4v) is 1.73. The molecule has 0 spiro atoms. The molecule has 0 aliphatic heterocycles. The summed E-state index contributed by atoms with van der Waals surface area (Å²) in [6.07, 6.45) is 1.46. The van der Waals surface area contributed by atoms with Crippen LogP contribution in [0.4, 0.5) is 15.8 Å². The molecular formula is C17H12FN3. The van der Waals surface area contributed by atoms with Gasteiger partial charge in [0.15, 0.2) is 0 Å². The highest BCUT2D eigenvalue weighted by Gasteiger charge is 2.01. The fourth-order valence-electron chi connectivity index (χ4n) is 1.73. The molecule has 0 bridgehead atoms. The smallest absolute Gasteiger partial charge is 0.123 e. The van der Waals surface area contributed by atoms with Crippen LogP contribution in [0.1, 0.15) is 12.5 Å². The summed E-state index contributed by atoms with van der Waals surface area (Å²) in [6, 6.07) is 17.8. The molecule has 0 saturated carbocycles. The summed E-state index contributed by atoms with van der Waals surface area (Å²) in [4.78, 5) is 8.19. The Morgan fingerprint density at radius 1 is 1.10 bits per heavy atom. The van der Waals surface area contributed by atoms with Gasteiger partial charge >= 0.3 is 0 Å². The van der Waals surface area contributed by atoms with E-state index in [2.05, 4.69) is 16.0 Å². The molecule has 0 fully saturated rings. The SMILES string of the molecule is C/C(=C\C#N)c1ccccc1N=C=Nc1ccc(F)cc1. The van der Waals surface area contributed by atoms with Crippen LogP contribution in [0.25, 0.3) is 5.57 Å². The molecule has 0 radical (unpaired) electrons. The van der Waals surface area contributed by atoms with Gasteiger partial charge in [0.1, 0.15) is 11.8 Å². The Morgan fingerprint density at radius 2 is 1.81 bits per heavy atom. The lowest BCUT2D eigenvalue weighted by atomic mass is 10.1. The monoisotopic (exact) mass is 277 g/mol. The molecule has 0 amide bonds. The first-order valence-electron chi connectivity index (χ1n) is 6.28. The van der Waals surface area contributed by atoms with Gasteiger partial charge in [-0.3, -0.25) is 0 Å². The summed E-state index contributed by atoms with van der Waals surface area (Å²) < 4.78 is 12.8. The molecular weight excluding hydrogens is 265 g/mol. The van der Waals surface area contributed by atoms with Gasteiger partial charge in [-0.15, -0.1) is 0 Å². The Balaban J connectivity index is 2.31. The maximum atomic E-state index is 12.8. The number of hydrogen-bond acceptors (Lipinski definition) is 3. The van der Waals surface area contributed by atoms with E-state index < -0.39 is 0 Å². The van der Waals surface area contributed by atoms with Crippen LogP contribution in [0, 0.1) is 17.1 Å². The van der Waals surface area contributed by atoms with Gasteiger partial charge in [0.25, 0.3) is 0 Å². The van der Waals surface area contributed by atoms with E-state index in [9.17, 15) is 4.39 Å². The van der Waals surface area contributed by atoms with E-state index in [1.165, 1.54) is 18.2 Å². The molecule has 2 rings (SSSR count). The first-order chi connectivity index (χ1) is 10.2. The number of halogens is 1. The number of aliphatic imine (C=N–C) groups is 2. The van der Waals surface area contributed by atoms with Gasteiger partial charge < -0.3 is 0 Å². The standard InChI is InChI=1S/C17H12FN3/c1-13(10-11-19)16-4-2-3-5-17(16)21-12-20-15-8-6-14(18)7-9-15/h2-10H,1H3/b13-10+. The van der Waals surface area contributed by atoms with Crippen molar-refractivity contribution < 1.29 is 4.39 Å². The van der Waals surface area contributed by atoms with E-state index in [-0.39, 0.29) is 5.82 Å². The van der Waals surface area contributed by atoms with Crippen LogP contribution in [0.5, 0.6) is 0 Å². The van der Waals surface area contributed by atoms with Crippen LogP contribution in [-0.4, -0.2) is 6.01 Å². The molecule has 0 heterocycles. The van der Waals surface area contributed by atoms with Gasteiger partial charge in [-0.25, -0.2) is 4.39 Å². The van der Waals surface area contributed by atoms with Crippen molar-refractivity contribution in [2.45, 2.75) is 6.92 Å². The molecule has 0 aromatic heterocycles. The fraction of sp³-hybridized carbons (Fsp3) is 0.0588. The Morgan fingerprint density at radius 3 is 2.52 bits per heavy atom. The molecule has 0 aliphatic carbocycles. The molecule has 2 aromatic rings. The van der Waals surface area contributed by atoms with Gasteiger partial charge in [-0.1, -0.05) is 18.2 Å². The summed E-state index contributed by atoms with van der Waals surface area (Å²) in [6.45, 7) is 1.84. The maximum absolute atomic E-state index is 12.8. The van der Waals surface area contributed by atoms with Crippen molar-refractivity contribution in [3.63, 3.8) is 0 Å². The average Bonchev–Trinajstić information content (AvgIpc) is 2.50. The lowest BCUT2D eigenvalue weighted by Crippen LogP contribution is -1.80. The van der Waals surface area contributed by atoms with Crippen molar-refractivity contribution in [2.24, 2.45) is 9.98 Å². The summed E-state index contributed by atoms with van der Waals surface area (Å²) in [7, 11) is 0. The zero-order chi connectivity index (χ0) is 15.1. The molecule has 0 N–H and O–H groups in total. The van der Waals surface area contributed by atoms with E-state index in [0.717, 1.165) is 11.1 Å². The highest BCUT2D eigenvalue weighted by molar-refractivity contribution is 5.76. The molecule has 0 unspecified atom stereocenters. The van der Waals surface area contributed by atoms with Crippen LogP contribution in [0.3, 0.4) is 0 Å². The number of nitriles is 1. The number of rotatable bonds is 3. The lowest BCUT2D eigenvalue weighted by Gasteiger charge is -2.02. The molecule has 0 aliphatic rings. The van der Waals surface area contributed by atoms with Crippen molar-refractivity contribution in [3.8, 4) is 6.07 Å². The van der Waals surface area contributed by atoms with Crippen LogP contribution in [-0.2, 0) is 0 Å². The van der Waals surface area contributed by atoms with E-state index in [1.807, 2.05) is 37.3 Å². The van der Waals surface area contributed by atoms with Gasteiger partial charge in [0.05, 0.1) is 17.4 Å². The Kier molecular flexibility index (Phi) is 4.76. The van der Waals surface area contributed by atoms with E-state index >= 15 is 0 Å². The average molecular weight is 277 g/mol. The molecule has 3 nitrogen and oxygen atoms in total. The highest BCUT2D eigenvalue weighted by atomic mass is 19.1. The topological polar surface area (TPSA) is 48.5 Å². The third kappa shape index (κ3) is 3.97. The number of hydrogen-bond donors (Lipinski definition) is 0. The van der Waals surface area contributed by atoms with Crippen LogP contribution >= 0.6 is 0 Å². The maximum Gasteiger partial charge on any atom is 0.123 e. The van der Waals surface area contributed by atoms with Crippen LogP contribution < -0.4 is 0 Å². The number of para-hydroxylation sites is 1. The number of allylic oxidation sites excluding steroid dienone is 2. The molecule has 0 atom stereocenters. The Hall–Kier alpha value is -3.02. The summed E-state index contributed by atoms with van der Waals surface area (Å²) in [5.41, 5.74) is 2.91. The second-order valence-corrected chi connectivity index (χ2v) is 4.27. The van der Waals surface area contributed by atoms with Gasteiger partial charge in [0, 0.05) is 11.6 Å². The van der Waals surface area contributed by atoms with Crippen LogP contribution in [0.15, 0.2) is 64.6 Å². The molecule has 4 heteroatoms. The summed E-state index contributed by atoms with van der Waals surface area (Å²) >= 11 is 0. The molecule has 2 aromatic carbocycles. The predicted octanol–water partition coefficient (Wildman–Crippen LogP) is 4.89. The first-order valence-corrected chi connectivity index (χ1v) is 6.28. The van der Waals surface area contributed by atoms with Crippen molar-refractivity contribution in [2.75, 3.05) is 0 Å². The van der Waals surface area contributed by atoms with E-state index in [4.69, 9.17) is 5.26 Å². The quantitative estimate of drug-likeness (QED) is 0.582. The van der Waals surface area contributed by atoms with Gasteiger partial charge in [-0.2, -0.15) is 15.2 Å². The minimum atomic E-state index is -0.312. The third-order valence-electron chi connectivity index (χ3n) is 2.79. The van der Waals surface area contributed by atoms with Gasteiger partial charge in [-0.05, 0) is 42.8 Å². The normalized spacial score (nSPS) is 10.4. The first kappa shape index (κ1) is 14.4. The highest BCUT2D eigenvalue weighted by Crippen LogP contribution is 2.25. The van der Waals surface area contributed by atoms with Crippen molar-refractivity contribution >= 4 is 23.0 Å². The van der Waals surface area contributed by atoms with Crippen molar-refractivity contribution in [1.82, 2.24) is 0 Å². The zero-order valence-electron chi connectivity index (χ0n) is 11.4. The number of nitrogens with zero attached hydrogens (tertiary/aromatic N) is 3. The van der Waals surface area contributed by atoms with Crippen molar-refractivity contribution in [1.29, 1.82) is 5.26 Å². The largest absolute Gasteiger partial charge is 0.207 e. The minimum absolute atomic E-state index is 0.312. The molecule has 0 saturated heterocycles. The zero-order valence-corrected chi connectivity index (χ0v) is 11.4. The lowest BCUT2D eigenvalue weighted by molar-refractivity contribution is 0.628. The molecule has 21 heavy (non-hydrogen) atoms. The second kappa shape index (κ2) is 6.95. The third-order valence-corrected chi connectivity index (χ3v) is 2.79. The Labute approximate surface area is 122 Å². The van der Waals surface area contributed by atoms with E-state index in [0.29, 0.717) is 11.4 Å². The van der Waals surface area contributed by atoms with E-state index in [1.54, 1.807) is 12.1 Å². The van der Waals surface area contributed by atoms with Crippen molar-refractivity contribution in [3.05, 3.63) is 66.0 Å². The second-order valence-electron chi connectivity index (χ2n) is 4.27. The molecule has 102 valence electrons. The number of benzene rings is 2. The summed E-state index contributed by atoms with van der Waals surface area (Å²) in [5, 5.41) is 8.71. The van der Waals surface area contributed by atoms with Crippen LogP contribution in [0.2, 0.25) is 0 Å². The minimum Gasteiger partial charge on any atom is -0.207 e.